The zero-order valence-corrected chi connectivity index (χ0v) is 14.3. The second-order valence-corrected chi connectivity index (χ2v) is 5.26. The summed E-state index contributed by atoms with van der Waals surface area (Å²) in [5, 5.41) is 44.5. The lowest BCUT2D eigenvalue weighted by Crippen LogP contribution is -1.97. The average molecular weight is 387 g/mol. The van der Waals surface area contributed by atoms with Crippen molar-refractivity contribution in [3.63, 3.8) is 0 Å². The minimum atomic E-state index is -1.21. The van der Waals surface area contributed by atoms with E-state index in [9.17, 15) is 30.3 Å². The van der Waals surface area contributed by atoms with Gasteiger partial charge in [0.05, 0.1) is 32.4 Å². The summed E-state index contributed by atoms with van der Waals surface area (Å²) in [5.41, 5.74) is -0.843. The molecule has 1 aromatic heterocycles. The third kappa shape index (κ3) is 4.43. The summed E-state index contributed by atoms with van der Waals surface area (Å²) in [6.45, 7) is 0. The smallest absolute Gasteiger partial charge is 0.324 e. The van der Waals surface area contributed by atoms with Gasteiger partial charge >= 0.3 is 11.4 Å². The molecule has 1 heterocycles. The standard InChI is InChI=1S/C10H10N2.C6H3N3O7/c1-11-9-4-5-10-8(7-9)3-2-6-12-10;10-6-4(8(13)14)1-3(7(11)12)2-5(6)9(15)16/h2-7,11H,1H3;1-2,10H. The Bertz CT molecular complexity index is 1040. The molecule has 12 heteroatoms. The number of rotatable bonds is 4. The molecule has 2 N–H and O–H groups in total. The second-order valence-electron chi connectivity index (χ2n) is 5.26. The maximum Gasteiger partial charge on any atom is 0.324 e. The van der Waals surface area contributed by atoms with E-state index in [1.807, 2.05) is 25.2 Å². The summed E-state index contributed by atoms with van der Waals surface area (Å²) in [4.78, 5) is 32.0. The molecule has 0 saturated carbocycles. The van der Waals surface area contributed by atoms with E-state index < -0.39 is 37.6 Å². The summed E-state index contributed by atoms with van der Waals surface area (Å²) >= 11 is 0. The van der Waals surface area contributed by atoms with E-state index in [-0.39, 0.29) is 0 Å². The molecule has 0 spiro atoms. The van der Waals surface area contributed by atoms with Crippen molar-refractivity contribution in [3.8, 4) is 5.75 Å². The number of phenols is 1. The summed E-state index contributed by atoms with van der Waals surface area (Å²) < 4.78 is 0. The molecule has 3 rings (SSSR count). The van der Waals surface area contributed by atoms with E-state index in [1.54, 1.807) is 6.20 Å². The van der Waals surface area contributed by atoms with Crippen LogP contribution in [0.2, 0.25) is 0 Å². The van der Waals surface area contributed by atoms with Gasteiger partial charge in [0, 0.05) is 24.3 Å². The molecule has 0 fully saturated rings. The number of nitro groups is 3. The second kappa shape index (κ2) is 8.35. The number of fused-ring (bicyclic) bond motifs is 1. The molecule has 0 amide bonds. The molecule has 0 unspecified atom stereocenters. The summed E-state index contributed by atoms with van der Waals surface area (Å²) in [5.74, 6) is -1.21. The number of non-ortho nitro benzene ring substituents is 1. The number of benzene rings is 2. The van der Waals surface area contributed by atoms with Crippen LogP contribution in [0.1, 0.15) is 0 Å². The molecule has 3 aromatic rings. The Labute approximate surface area is 156 Å². The average Bonchev–Trinajstić information content (AvgIpc) is 2.67. The Morgan fingerprint density at radius 1 is 0.929 bits per heavy atom. The van der Waals surface area contributed by atoms with Gasteiger partial charge < -0.3 is 10.4 Å². The van der Waals surface area contributed by atoms with Crippen molar-refractivity contribution < 1.29 is 19.9 Å². The highest BCUT2D eigenvalue weighted by atomic mass is 16.6. The quantitative estimate of drug-likeness (QED) is 0.502. The van der Waals surface area contributed by atoms with Crippen molar-refractivity contribution in [2.24, 2.45) is 0 Å². The first-order valence-electron chi connectivity index (χ1n) is 7.57. The Kier molecular flexibility index (Phi) is 5.96. The van der Waals surface area contributed by atoms with Crippen LogP contribution < -0.4 is 5.32 Å². The number of hydrogen-bond donors (Lipinski definition) is 2. The molecule has 0 aliphatic carbocycles. The number of nitro benzene ring substituents is 3. The molecule has 0 aliphatic rings. The van der Waals surface area contributed by atoms with Crippen molar-refractivity contribution in [1.82, 2.24) is 4.98 Å². The maximum atomic E-state index is 10.4. The fourth-order valence-corrected chi connectivity index (χ4v) is 2.20. The Morgan fingerprint density at radius 3 is 2.04 bits per heavy atom. The predicted octanol–water partition coefficient (Wildman–Crippen LogP) is 3.39. The van der Waals surface area contributed by atoms with Gasteiger partial charge in [0.1, 0.15) is 0 Å². The van der Waals surface area contributed by atoms with Gasteiger partial charge in [0.15, 0.2) is 0 Å². The number of phenolic OH excluding ortho intramolecular Hbond substituents is 1. The third-order valence-corrected chi connectivity index (χ3v) is 3.55. The monoisotopic (exact) mass is 387 g/mol. The molecule has 0 radical (unpaired) electrons. The maximum absolute atomic E-state index is 10.4. The highest BCUT2D eigenvalue weighted by Gasteiger charge is 2.30. The van der Waals surface area contributed by atoms with Crippen LogP contribution in [0.3, 0.4) is 0 Å². The van der Waals surface area contributed by atoms with Crippen LogP contribution in [0.15, 0.2) is 48.7 Å². The lowest BCUT2D eigenvalue weighted by Gasteiger charge is -2.00. The predicted molar refractivity (Wildman–Crippen MR) is 99.4 cm³/mol. The molecule has 0 saturated heterocycles. The fraction of sp³-hybridized carbons (Fsp3) is 0.0625. The number of nitrogens with zero attached hydrogens (tertiary/aromatic N) is 4. The van der Waals surface area contributed by atoms with Gasteiger partial charge in [-0.3, -0.25) is 35.3 Å². The minimum absolute atomic E-state index is 0.447. The zero-order chi connectivity index (χ0) is 20.8. The van der Waals surface area contributed by atoms with Gasteiger partial charge in [-0.2, -0.15) is 0 Å². The number of aromatic hydroxyl groups is 1. The van der Waals surface area contributed by atoms with Crippen LogP contribution in [-0.4, -0.2) is 31.9 Å². The number of aromatic nitrogens is 1. The van der Waals surface area contributed by atoms with Gasteiger partial charge in [-0.05, 0) is 24.3 Å². The normalized spacial score (nSPS) is 9.89. The molecular formula is C16H13N5O7. The Balaban J connectivity index is 0.000000207. The SMILES string of the molecule is CNc1ccc2ncccc2c1.O=[N+]([O-])c1cc([N+](=O)[O-])c(O)c([N+](=O)[O-])c1. The lowest BCUT2D eigenvalue weighted by atomic mass is 10.2. The summed E-state index contributed by atoms with van der Waals surface area (Å²) in [6, 6.07) is 11.0. The van der Waals surface area contributed by atoms with E-state index in [0.29, 0.717) is 12.1 Å². The molecule has 144 valence electrons. The van der Waals surface area contributed by atoms with E-state index in [2.05, 4.69) is 22.4 Å². The first-order valence-corrected chi connectivity index (χ1v) is 7.57. The minimum Gasteiger partial charge on any atom is -0.497 e. The van der Waals surface area contributed by atoms with Gasteiger partial charge in [-0.25, -0.2) is 0 Å². The van der Waals surface area contributed by atoms with Crippen molar-refractivity contribution >= 4 is 33.7 Å². The van der Waals surface area contributed by atoms with Crippen molar-refractivity contribution in [3.05, 3.63) is 79.0 Å². The van der Waals surface area contributed by atoms with Crippen molar-refractivity contribution in [2.45, 2.75) is 0 Å². The molecule has 0 atom stereocenters. The molecule has 0 bridgehead atoms. The van der Waals surface area contributed by atoms with Gasteiger partial charge in [0.25, 0.3) is 11.4 Å². The molecule has 28 heavy (non-hydrogen) atoms. The van der Waals surface area contributed by atoms with E-state index in [4.69, 9.17) is 5.11 Å². The highest BCUT2D eigenvalue weighted by molar-refractivity contribution is 5.82. The van der Waals surface area contributed by atoms with Crippen molar-refractivity contribution in [1.29, 1.82) is 0 Å². The lowest BCUT2D eigenvalue weighted by molar-refractivity contribution is -0.404. The number of nitrogens with one attached hydrogen (secondary N) is 1. The topological polar surface area (TPSA) is 175 Å². The molecule has 0 aliphatic heterocycles. The van der Waals surface area contributed by atoms with Crippen LogP contribution in [-0.2, 0) is 0 Å². The summed E-state index contributed by atoms with van der Waals surface area (Å²) in [7, 11) is 1.91. The highest BCUT2D eigenvalue weighted by Crippen LogP contribution is 2.38. The number of anilines is 1. The largest absolute Gasteiger partial charge is 0.497 e. The first-order chi connectivity index (χ1) is 13.2. The van der Waals surface area contributed by atoms with Crippen LogP contribution in [0.25, 0.3) is 10.9 Å². The number of hydrogen-bond acceptors (Lipinski definition) is 9. The van der Waals surface area contributed by atoms with Crippen LogP contribution in [0.4, 0.5) is 22.7 Å². The van der Waals surface area contributed by atoms with Gasteiger partial charge in [0.2, 0.25) is 0 Å². The van der Waals surface area contributed by atoms with Crippen LogP contribution in [0.5, 0.6) is 5.75 Å². The van der Waals surface area contributed by atoms with Crippen LogP contribution in [0, 0.1) is 30.3 Å². The number of pyridine rings is 1. The molecule has 12 nitrogen and oxygen atoms in total. The van der Waals surface area contributed by atoms with Crippen LogP contribution >= 0.6 is 0 Å². The van der Waals surface area contributed by atoms with E-state index in [1.165, 1.54) is 5.39 Å². The van der Waals surface area contributed by atoms with Gasteiger partial charge in [-0.15, -0.1) is 0 Å². The molecule has 2 aromatic carbocycles. The van der Waals surface area contributed by atoms with E-state index >= 15 is 0 Å². The Hall–Kier alpha value is -4.35. The first kappa shape index (κ1) is 20.0. The third-order valence-electron chi connectivity index (χ3n) is 3.55. The Morgan fingerprint density at radius 2 is 1.54 bits per heavy atom. The van der Waals surface area contributed by atoms with Gasteiger partial charge in [-0.1, -0.05) is 6.07 Å². The zero-order valence-electron chi connectivity index (χ0n) is 14.3. The fourth-order valence-electron chi connectivity index (χ4n) is 2.20. The molecular weight excluding hydrogens is 374 g/mol. The van der Waals surface area contributed by atoms with E-state index in [0.717, 1.165) is 11.2 Å². The summed E-state index contributed by atoms with van der Waals surface area (Å²) in [6.07, 6.45) is 1.81. The van der Waals surface area contributed by atoms with Crippen molar-refractivity contribution in [2.75, 3.05) is 12.4 Å².